The van der Waals surface area contributed by atoms with Crippen molar-refractivity contribution in [2.24, 2.45) is 5.92 Å². The second-order valence-corrected chi connectivity index (χ2v) is 3.45. The molecule has 3 heteroatoms. The maximum Gasteiger partial charge on any atom is 0.221 e. The van der Waals surface area contributed by atoms with E-state index in [4.69, 9.17) is 0 Å². The van der Waals surface area contributed by atoms with Crippen molar-refractivity contribution in [3.63, 3.8) is 0 Å². The highest BCUT2D eigenvalue weighted by atomic mass is 16.1. The Morgan fingerprint density at radius 3 is 2.91 bits per heavy atom. The summed E-state index contributed by atoms with van der Waals surface area (Å²) >= 11 is 0. The highest BCUT2D eigenvalue weighted by molar-refractivity contribution is 5.76. The molecule has 1 aliphatic carbocycles. The van der Waals surface area contributed by atoms with Gasteiger partial charge in [-0.2, -0.15) is 0 Å². The van der Waals surface area contributed by atoms with Crippen LogP contribution >= 0.6 is 0 Å². The van der Waals surface area contributed by atoms with Crippen LogP contribution in [0.4, 0.5) is 0 Å². The minimum Gasteiger partial charge on any atom is -0.354 e. The third kappa shape index (κ3) is 1.71. The lowest BCUT2D eigenvalue weighted by molar-refractivity contribution is -0.120. The first kappa shape index (κ1) is 7.10. The molecule has 1 saturated carbocycles. The summed E-state index contributed by atoms with van der Waals surface area (Å²) in [7, 11) is 0. The minimum atomic E-state index is 0.195. The standard InChI is InChI=1S/C8H14N2O/c11-8-3-4-9-7(5-10-8)6-1-2-6/h6-7,9H,1-5H2,(H,10,11). The molecule has 0 aromatic rings. The topological polar surface area (TPSA) is 41.1 Å². The molecular weight excluding hydrogens is 140 g/mol. The normalized spacial score (nSPS) is 32.7. The predicted molar refractivity (Wildman–Crippen MR) is 42.1 cm³/mol. The molecule has 0 aromatic carbocycles. The summed E-state index contributed by atoms with van der Waals surface area (Å²) in [5.74, 6) is 1.04. The van der Waals surface area contributed by atoms with Crippen LogP contribution < -0.4 is 10.6 Å². The van der Waals surface area contributed by atoms with Gasteiger partial charge in [-0.3, -0.25) is 4.79 Å². The largest absolute Gasteiger partial charge is 0.354 e. The van der Waals surface area contributed by atoms with Gasteiger partial charge in [-0.1, -0.05) is 0 Å². The lowest BCUT2D eigenvalue weighted by atomic mass is 10.2. The number of nitrogens with one attached hydrogen (secondary N) is 2. The Morgan fingerprint density at radius 2 is 2.18 bits per heavy atom. The molecule has 2 fully saturated rings. The molecule has 1 aliphatic heterocycles. The van der Waals surface area contributed by atoms with Crippen molar-refractivity contribution in [1.29, 1.82) is 0 Å². The molecule has 1 saturated heterocycles. The molecule has 0 spiro atoms. The van der Waals surface area contributed by atoms with E-state index in [1.165, 1.54) is 12.8 Å². The van der Waals surface area contributed by atoms with Crippen LogP contribution in [-0.2, 0) is 4.79 Å². The van der Waals surface area contributed by atoms with Gasteiger partial charge in [-0.15, -0.1) is 0 Å². The molecule has 62 valence electrons. The van der Waals surface area contributed by atoms with Crippen molar-refractivity contribution in [2.45, 2.75) is 25.3 Å². The lowest BCUT2D eigenvalue weighted by Crippen LogP contribution is -2.37. The predicted octanol–water partition coefficient (Wildman–Crippen LogP) is -0.126. The van der Waals surface area contributed by atoms with Gasteiger partial charge in [0.25, 0.3) is 0 Å². The number of carbonyl (C=O) groups is 1. The first-order valence-electron chi connectivity index (χ1n) is 4.36. The Bertz CT molecular complexity index is 165. The van der Waals surface area contributed by atoms with E-state index in [0.717, 1.165) is 19.0 Å². The highest BCUT2D eigenvalue weighted by Gasteiger charge is 2.31. The van der Waals surface area contributed by atoms with E-state index in [-0.39, 0.29) is 5.91 Å². The summed E-state index contributed by atoms with van der Waals surface area (Å²) < 4.78 is 0. The highest BCUT2D eigenvalue weighted by Crippen LogP contribution is 2.32. The van der Waals surface area contributed by atoms with Crippen molar-refractivity contribution < 1.29 is 4.79 Å². The molecule has 0 radical (unpaired) electrons. The second-order valence-electron chi connectivity index (χ2n) is 3.45. The third-order valence-electron chi connectivity index (χ3n) is 2.47. The van der Waals surface area contributed by atoms with Gasteiger partial charge < -0.3 is 10.6 Å². The van der Waals surface area contributed by atoms with Crippen LogP contribution in [-0.4, -0.2) is 25.0 Å². The van der Waals surface area contributed by atoms with Gasteiger partial charge >= 0.3 is 0 Å². The van der Waals surface area contributed by atoms with Gasteiger partial charge in [0.05, 0.1) is 0 Å². The van der Waals surface area contributed by atoms with Gasteiger partial charge in [0.2, 0.25) is 5.91 Å². The second kappa shape index (κ2) is 2.81. The van der Waals surface area contributed by atoms with Crippen LogP contribution in [0.2, 0.25) is 0 Å². The molecule has 11 heavy (non-hydrogen) atoms. The van der Waals surface area contributed by atoms with Crippen LogP contribution in [0.3, 0.4) is 0 Å². The van der Waals surface area contributed by atoms with E-state index in [1.54, 1.807) is 0 Å². The fourth-order valence-electron chi connectivity index (χ4n) is 1.59. The molecule has 1 heterocycles. The summed E-state index contributed by atoms with van der Waals surface area (Å²) in [6, 6.07) is 0.557. The van der Waals surface area contributed by atoms with Gasteiger partial charge in [-0.25, -0.2) is 0 Å². The van der Waals surface area contributed by atoms with E-state index in [2.05, 4.69) is 10.6 Å². The zero-order valence-electron chi connectivity index (χ0n) is 6.60. The molecule has 0 aromatic heterocycles. The van der Waals surface area contributed by atoms with E-state index in [9.17, 15) is 4.79 Å². The fraction of sp³-hybridized carbons (Fsp3) is 0.875. The first-order chi connectivity index (χ1) is 5.36. The van der Waals surface area contributed by atoms with Gasteiger partial charge in [-0.05, 0) is 18.8 Å². The van der Waals surface area contributed by atoms with Crippen LogP contribution in [0.25, 0.3) is 0 Å². The molecule has 2 N–H and O–H groups in total. The number of carbonyl (C=O) groups excluding carboxylic acids is 1. The van der Waals surface area contributed by atoms with Gasteiger partial charge in [0.1, 0.15) is 0 Å². The monoisotopic (exact) mass is 154 g/mol. The maximum absolute atomic E-state index is 10.9. The zero-order valence-corrected chi connectivity index (χ0v) is 6.60. The van der Waals surface area contributed by atoms with E-state index >= 15 is 0 Å². The van der Waals surface area contributed by atoms with E-state index in [1.807, 2.05) is 0 Å². The maximum atomic E-state index is 10.9. The summed E-state index contributed by atoms with van der Waals surface area (Å²) in [5, 5.41) is 6.31. The fourth-order valence-corrected chi connectivity index (χ4v) is 1.59. The Labute approximate surface area is 66.5 Å². The van der Waals surface area contributed by atoms with Crippen LogP contribution in [0.15, 0.2) is 0 Å². The van der Waals surface area contributed by atoms with E-state index < -0.39 is 0 Å². The summed E-state index contributed by atoms with van der Waals surface area (Å²) in [6.45, 7) is 1.69. The summed E-state index contributed by atoms with van der Waals surface area (Å²) in [5.41, 5.74) is 0. The minimum absolute atomic E-state index is 0.195. The third-order valence-corrected chi connectivity index (χ3v) is 2.47. The van der Waals surface area contributed by atoms with E-state index in [0.29, 0.717) is 12.5 Å². The molecule has 1 amide bonds. The van der Waals surface area contributed by atoms with Crippen LogP contribution in [0.1, 0.15) is 19.3 Å². The van der Waals surface area contributed by atoms with Crippen molar-refractivity contribution in [3.05, 3.63) is 0 Å². The van der Waals surface area contributed by atoms with Crippen LogP contribution in [0.5, 0.6) is 0 Å². The average Bonchev–Trinajstić information content (AvgIpc) is 2.73. The molecule has 2 rings (SSSR count). The number of hydrogen-bond donors (Lipinski definition) is 2. The molecule has 2 aliphatic rings. The van der Waals surface area contributed by atoms with Gasteiger partial charge in [0.15, 0.2) is 0 Å². The molecule has 0 bridgehead atoms. The van der Waals surface area contributed by atoms with Crippen molar-refractivity contribution >= 4 is 5.91 Å². The SMILES string of the molecule is O=C1CCNC(C2CC2)CN1. The smallest absolute Gasteiger partial charge is 0.221 e. The lowest BCUT2D eigenvalue weighted by Gasteiger charge is -2.13. The summed E-state index contributed by atoms with van der Waals surface area (Å²) in [4.78, 5) is 10.9. The number of hydrogen-bond acceptors (Lipinski definition) is 2. The summed E-state index contributed by atoms with van der Waals surface area (Å²) in [6.07, 6.45) is 3.32. The molecule has 1 atom stereocenters. The zero-order chi connectivity index (χ0) is 7.68. The number of amides is 1. The van der Waals surface area contributed by atoms with Crippen molar-refractivity contribution in [3.8, 4) is 0 Å². The Balaban J connectivity index is 1.87. The molecular formula is C8H14N2O. The van der Waals surface area contributed by atoms with Crippen LogP contribution in [0, 0.1) is 5.92 Å². The van der Waals surface area contributed by atoms with Crippen molar-refractivity contribution in [1.82, 2.24) is 10.6 Å². The quantitative estimate of drug-likeness (QED) is 0.552. The first-order valence-corrected chi connectivity index (χ1v) is 4.36. The Morgan fingerprint density at radius 1 is 1.36 bits per heavy atom. The van der Waals surface area contributed by atoms with Gasteiger partial charge in [0, 0.05) is 25.6 Å². The molecule has 1 unspecified atom stereocenters. The van der Waals surface area contributed by atoms with Crippen molar-refractivity contribution in [2.75, 3.05) is 13.1 Å². The average molecular weight is 154 g/mol. The number of rotatable bonds is 1. The Kier molecular flexibility index (Phi) is 1.82. The molecule has 3 nitrogen and oxygen atoms in total. The Hall–Kier alpha value is -0.570.